The van der Waals surface area contributed by atoms with E-state index in [1.807, 2.05) is 19.9 Å². The molecule has 0 aromatic carbocycles. The van der Waals surface area contributed by atoms with E-state index in [1.54, 1.807) is 0 Å². The minimum absolute atomic E-state index is 0.178. The Kier molecular flexibility index (Phi) is 1.86. The number of nitriles is 1. The lowest BCUT2D eigenvalue weighted by atomic mass is 9.89. The highest BCUT2D eigenvalue weighted by Gasteiger charge is 2.40. The fraction of sp³-hybridized carbons (Fsp3) is 0.750. The fourth-order valence-electron chi connectivity index (χ4n) is 1.22. The number of nitrogens with zero attached hydrogens (tertiary/aromatic N) is 1. The molecule has 1 saturated heterocycles. The van der Waals surface area contributed by atoms with Crippen LogP contribution in [-0.2, 0) is 9.53 Å². The molecule has 1 rings (SSSR count). The topological polar surface area (TPSA) is 50.1 Å². The summed E-state index contributed by atoms with van der Waals surface area (Å²) < 4.78 is 4.96. The van der Waals surface area contributed by atoms with Crippen LogP contribution < -0.4 is 0 Å². The van der Waals surface area contributed by atoms with Gasteiger partial charge in [0.15, 0.2) is 0 Å². The number of hydrogen-bond acceptors (Lipinski definition) is 3. The van der Waals surface area contributed by atoms with Gasteiger partial charge in [-0.05, 0) is 13.8 Å². The van der Waals surface area contributed by atoms with Crippen LogP contribution in [0.1, 0.15) is 26.7 Å². The average molecular weight is 153 g/mol. The summed E-state index contributed by atoms with van der Waals surface area (Å²) in [5.74, 6) is -0.183. The lowest BCUT2D eigenvalue weighted by Gasteiger charge is -2.08. The molecule has 1 aliphatic heterocycles. The molecule has 0 saturated carbocycles. The van der Waals surface area contributed by atoms with E-state index >= 15 is 0 Å². The second-order valence-corrected chi connectivity index (χ2v) is 3.48. The van der Waals surface area contributed by atoms with Gasteiger partial charge in [-0.25, -0.2) is 0 Å². The Hall–Kier alpha value is -1.04. The molecule has 3 nitrogen and oxygen atoms in total. The normalized spacial score (nSPS) is 27.7. The zero-order valence-corrected chi connectivity index (χ0v) is 6.76. The van der Waals surface area contributed by atoms with Crippen LogP contribution in [0.25, 0.3) is 0 Å². The van der Waals surface area contributed by atoms with Crippen molar-refractivity contribution in [3.05, 3.63) is 0 Å². The summed E-state index contributed by atoms with van der Waals surface area (Å²) in [5, 5.41) is 8.34. The second-order valence-electron chi connectivity index (χ2n) is 3.48. The third kappa shape index (κ3) is 1.51. The smallest absolute Gasteiger partial charge is 0.311 e. The molecule has 1 heterocycles. The first-order valence-corrected chi connectivity index (χ1v) is 3.64. The Morgan fingerprint density at radius 2 is 2.45 bits per heavy atom. The maximum Gasteiger partial charge on any atom is 0.311 e. The molecule has 0 radical (unpaired) electrons. The van der Waals surface area contributed by atoms with Gasteiger partial charge in [0, 0.05) is 6.42 Å². The Bertz CT molecular complexity index is 215. The van der Waals surface area contributed by atoms with E-state index < -0.39 is 0 Å². The van der Waals surface area contributed by atoms with Gasteiger partial charge in [-0.2, -0.15) is 5.26 Å². The largest absolute Gasteiger partial charge is 0.461 e. The molecule has 0 aromatic rings. The second kappa shape index (κ2) is 2.54. The maximum absolute atomic E-state index is 11.0. The summed E-state index contributed by atoms with van der Waals surface area (Å²) in [6.45, 7) is 3.68. The van der Waals surface area contributed by atoms with Crippen LogP contribution >= 0.6 is 0 Å². The number of cyclic esters (lactones) is 1. The minimum Gasteiger partial charge on any atom is -0.461 e. The van der Waals surface area contributed by atoms with Crippen LogP contribution in [0.5, 0.6) is 0 Å². The summed E-state index contributed by atoms with van der Waals surface area (Å²) >= 11 is 0. The average Bonchev–Trinajstić information content (AvgIpc) is 2.08. The Balaban J connectivity index is 2.59. The number of ether oxygens (including phenoxy) is 1. The predicted octanol–water partition coefficient (Wildman–Crippen LogP) is 1.24. The van der Waals surface area contributed by atoms with E-state index in [9.17, 15) is 4.79 Å². The molecule has 60 valence electrons. The fourth-order valence-corrected chi connectivity index (χ4v) is 1.22. The first kappa shape index (κ1) is 8.06. The molecule has 1 unspecified atom stereocenters. The number of carbonyl (C=O) groups is 1. The third-order valence-electron chi connectivity index (χ3n) is 1.88. The highest BCUT2D eigenvalue weighted by Crippen LogP contribution is 2.33. The molecule has 0 amide bonds. The van der Waals surface area contributed by atoms with Crippen LogP contribution in [0.4, 0.5) is 0 Å². The van der Waals surface area contributed by atoms with Crippen molar-refractivity contribution in [1.29, 1.82) is 5.26 Å². The summed E-state index contributed by atoms with van der Waals surface area (Å²) in [7, 11) is 0. The lowest BCUT2D eigenvalue weighted by molar-refractivity contribution is -0.147. The lowest BCUT2D eigenvalue weighted by Crippen LogP contribution is -2.16. The Morgan fingerprint density at radius 1 is 1.82 bits per heavy atom. The van der Waals surface area contributed by atoms with Gasteiger partial charge in [-0.3, -0.25) is 4.79 Å². The van der Waals surface area contributed by atoms with E-state index in [0.29, 0.717) is 12.8 Å². The van der Waals surface area contributed by atoms with Crippen LogP contribution in [0.2, 0.25) is 0 Å². The molecule has 0 spiro atoms. The van der Waals surface area contributed by atoms with Crippen molar-refractivity contribution in [1.82, 2.24) is 0 Å². The number of rotatable bonds is 1. The summed E-state index contributed by atoms with van der Waals surface area (Å²) in [6.07, 6.45) is 0.802. The van der Waals surface area contributed by atoms with Gasteiger partial charge in [0.2, 0.25) is 0 Å². The zero-order chi connectivity index (χ0) is 8.48. The molecular formula is C8H11NO2. The number of esters is 1. The van der Waals surface area contributed by atoms with E-state index in [-0.39, 0.29) is 17.5 Å². The van der Waals surface area contributed by atoms with Crippen molar-refractivity contribution in [2.45, 2.75) is 32.8 Å². The molecule has 0 aliphatic carbocycles. The van der Waals surface area contributed by atoms with Crippen LogP contribution in [0, 0.1) is 16.7 Å². The molecule has 11 heavy (non-hydrogen) atoms. The van der Waals surface area contributed by atoms with Crippen molar-refractivity contribution in [2.75, 3.05) is 0 Å². The van der Waals surface area contributed by atoms with Gasteiger partial charge >= 0.3 is 5.97 Å². The molecule has 3 heteroatoms. The van der Waals surface area contributed by atoms with Gasteiger partial charge in [0.25, 0.3) is 0 Å². The van der Waals surface area contributed by atoms with Crippen molar-refractivity contribution < 1.29 is 9.53 Å². The molecule has 1 aliphatic rings. The minimum atomic E-state index is -0.387. The predicted molar refractivity (Wildman–Crippen MR) is 38.5 cm³/mol. The van der Waals surface area contributed by atoms with E-state index in [0.717, 1.165) is 0 Å². The third-order valence-corrected chi connectivity index (χ3v) is 1.88. The first-order valence-electron chi connectivity index (χ1n) is 3.64. The van der Waals surface area contributed by atoms with E-state index in [1.165, 1.54) is 0 Å². The van der Waals surface area contributed by atoms with Crippen molar-refractivity contribution >= 4 is 5.97 Å². The quantitative estimate of drug-likeness (QED) is 0.532. The highest BCUT2D eigenvalue weighted by atomic mass is 16.6. The molecule has 0 N–H and O–H groups in total. The monoisotopic (exact) mass is 153 g/mol. The molecular weight excluding hydrogens is 142 g/mol. The number of hydrogen-bond donors (Lipinski definition) is 0. The van der Waals surface area contributed by atoms with Gasteiger partial charge in [0.1, 0.15) is 6.10 Å². The van der Waals surface area contributed by atoms with Gasteiger partial charge < -0.3 is 4.74 Å². The van der Waals surface area contributed by atoms with Gasteiger partial charge in [-0.1, -0.05) is 0 Å². The summed E-state index contributed by atoms with van der Waals surface area (Å²) in [6, 6.07) is 1.99. The van der Waals surface area contributed by atoms with E-state index in [2.05, 4.69) is 0 Å². The molecule has 0 aromatic heterocycles. The molecule has 0 bridgehead atoms. The van der Waals surface area contributed by atoms with Gasteiger partial charge in [-0.15, -0.1) is 0 Å². The van der Waals surface area contributed by atoms with Gasteiger partial charge in [0.05, 0.1) is 17.9 Å². The van der Waals surface area contributed by atoms with Crippen molar-refractivity contribution in [2.24, 2.45) is 5.41 Å². The van der Waals surface area contributed by atoms with Crippen LogP contribution in [-0.4, -0.2) is 12.1 Å². The van der Waals surface area contributed by atoms with Crippen molar-refractivity contribution in [3.63, 3.8) is 0 Å². The standard InChI is InChI=1S/C8H11NO2/c1-8(2)5-6(3-4-9)11-7(8)10/h6H,3,5H2,1-2H3. The summed E-state index contributed by atoms with van der Waals surface area (Å²) in [5.41, 5.74) is -0.387. The zero-order valence-electron chi connectivity index (χ0n) is 6.76. The van der Waals surface area contributed by atoms with Crippen LogP contribution in [0.15, 0.2) is 0 Å². The molecule has 1 atom stereocenters. The van der Waals surface area contributed by atoms with E-state index in [4.69, 9.17) is 10.00 Å². The highest BCUT2D eigenvalue weighted by molar-refractivity contribution is 5.78. The SMILES string of the molecule is CC1(C)CC(CC#N)OC1=O. The van der Waals surface area contributed by atoms with Crippen LogP contribution in [0.3, 0.4) is 0 Å². The summed E-state index contributed by atoms with van der Waals surface area (Å²) in [4.78, 5) is 11.0. The van der Waals surface area contributed by atoms with Crippen molar-refractivity contribution in [3.8, 4) is 6.07 Å². The molecule has 1 fully saturated rings. The first-order chi connectivity index (χ1) is 5.06. The Labute approximate surface area is 66.0 Å². The number of carbonyl (C=O) groups excluding carboxylic acids is 1. The maximum atomic E-state index is 11.0. The Morgan fingerprint density at radius 3 is 2.82 bits per heavy atom.